The molecule has 2 unspecified atom stereocenters. The molecule has 132 valence electrons. The molecule has 3 aliphatic rings. The van der Waals surface area contributed by atoms with Crippen molar-refractivity contribution in [2.45, 2.75) is 62.9 Å². The second kappa shape index (κ2) is 5.56. The SMILES string of the molecule is NC(=O)c1cccc2oc(C34CCC(CN3C3CCCCC3)C4)nc12. The fourth-order valence-corrected chi connectivity index (χ4v) is 5.55. The van der Waals surface area contributed by atoms with E-state index < -0.39 is 5.91 Å². The second-order valence-corrected chi connectivity index (χ2v) is 8.12. The first kappa shape index (κ1) is 15.4. The van der Waals surface area contributed by atoms with E-state index >= 15 is 0 Å². The lowest BCUT2D eigenvalue weighted by Crippen LogP contribution is -2.49. The molecule has 2 bridgehead atoms. The maximum Gasteiger partial charge on any atom is 0.251 e. The van der Waals surface area contributed by atoms with Crippen LogP contribution in [0.25, 0.3) is 11.1 Å². The van der Waals surface area contributed by atoms with E-state index in [4.69, 9.17) is 15.1 Å². The van der Waals surface area contributed by atoms with Crippen LogP contribution in [0.15, 0.2) is 22.6 Å². The Morgan fingerprint density at radius 3 is 2.84 bits per heavy atom. The van der Waals surface area contributed by atoms with Gasteiger partial charge in [0.25, 0.3) is 5.91 Å². The Hall–Kier alpha value is -1.88. The summed E-state index contributed by atoms with van der Waals surface area (Å²) in [5.41, 5.74) is 7.22. The third-order valence-electron chi connectivity index (χ3n) is 6.70. The normalized spacial score (nSPS) is 30.3. The highest BCUT2D eigenvalue weighted by Gasteiger charge is 2.56. The van der Waals surface area contributed by atoms with Crippen molar-refractivity contribution < 1.29 is 9.21 Å². The van der Waals surface area contributed by atoms with Crippen molar-refractivity contribution >= 4 is 17.0 Å². The zero-order chi connectivity index (χ0) is 17.0. The molecule has 1 saturated heterocycles. The second-order valence-electron chi connectivity index (χ2n) is 8.12. The molecule has 2 N–H and O–H groups in total. The number of primary amides is 1. The standard InChI is InChI=1S/C20H25N3O2/c21-18(24)15-7-4-8-16-17(15)22-19(25-16)20-10-9-13(11-20)12-23(20)14-5-2-1-3-6-14/h4,7-8,13-14H,1-3,5-6,9-12H2,(H2,21,24). The number of aromatic nitrogens is 1. The molecule has 2 heterocycles. The summed E-state index contributed by atoms with van der Waals surface area (Å²) in [5.74, 6) is 1.12. The number of carbonyl (C=O) groups excluding carboxylic acids is 1. The van der Waals surface area contributed by atoms with Gasteiger partial charge in [0.05, 0.1) is 11.1 Å². The van der Waals surface area contributed by atoms with Gasteiger partial charge in [0.1, 0.15) is 5.52 Å². The lowest BCUT2D eigenvalue weighted by Gasteiger charge is -2.43. The van der Waals surface area contributed by atoms with E-state index in [0.29, 0.717) is 22.7 Å². The number of rotatable bonds is 3. The van der Waals surface area contributed by atoms with Crippen molar-refractivity contribution in [3.8, 4) is 0 Å². The Morgan fingerprint density at radius 1 is 1.24 bits per heavy atom. The fraction of sp³-hybridized carbons (Fsp3) is 0.600. The Balaban J connectivity index is 1.59. The topological polar surface area (TPSA) is 72.4 Å². The van der Waals surface area contributed by atoms with Gasteiger partial charge in [-0.25, -0.2) is 4.98 Å². The van der Waals surface area contributed by atoms with Crippen LogP contribution in [0, 0.1) is 5.92 Å². The van der Waals surface area contributed by atoms with Gasteiger partial charge in [0.2, 0.25) is 5.89 Å². The zero-order valence-electron chi connectivity index (χ0n) is 14.5. The van der Waals surface area contributed by atoms with E-state index in [9.17, 15) is 4.79 Å². The Morgan fingerprint density at radius 2 is 2.08 bits per heavy atom. The molecule has 2 aliphatic carbocycles. The predicted molar refractivity (Wildman–Crippen MR) is 95.1 cm³/mol. The largest absolute Gasteiger partial charge is 0.439 e. The van der Waals surface area contributed by atoms with Crippen LogP contribution < -0.4 is 5.73 Å². The van der Waals surface area contributed by atoms with Crippen LogP contribution in [0.5, 0.6) is 0 Å². The molecule has 0 radical (unpaired) electrons. The maximum atomic E-state index is 11.7. The van der Waals surface area contributed by atoms with Gasteiger partial charge in [0.15, 0.2) is 5.58 Å². The minimum absolute atomic E-state index is 0.0688. The number of para-hydroxylation sites is 1. The first-order chi connectivity index (χ1) is 12.2. The summed E-state index contributed by atoms with van der Waals surface area (Å²) >= 11 is 0. The number of fused-ring (bicyclic) bond motifs is 3. The molecule has 3 fully saturated rings. The molecular weight excluding hydrogens is 314 g/mol. The Kier molecular flexibility index (Phi) is 3.42. The first-order valence-corrected chi connectivity index (χ1v) is 9.64. The van der Waals surface area contributed by atoms with E-state index in [1.54, 1.807) is 6.07 Å². The number of likely N-dealkylation sites (tertiary alicyclic amines) is 1. The molecule has 2 atom stereocenters. The molecule has 0 spiro atoms. The minimum Gasteiger partial charge on any atom is -0.439 e. The molecule has 1 aromatic heterocycles. The van der Waals surface area contributed by atoms with Crippen molar-refractivity contribution in [1.29, 1.82) is 0 Å². The molecule has 5 nitrogen and oxygen atoms in total. The van der Waals surface area contributed by atoms with E-state index in [1.165, 1.54) is 45.1 Å². The van der Waals surface area contributed by atoms with E-state index in [-0.39, 0.29) is 5.54 Å². The lowest BCUT2D eigenvalue weighted by atomic mass is 9.88. The number of piperidine rings is 1. The van der Waals surface area contributed by atoms with Crippen molar-refractivity contribution in [3.05, 3.63) is 29.7 Å². The Labute approximate surface area is 147 Å². The van der Waals surface area contributed by atoms with Crippen LogP contribution in [-0.4, -0.2) is 28.4 Å². The monoisotopic (exact) mass is 339 g/mol. The Bertz CT molecular complexity index is 823. The van der Waals surface area contributed by atoms with Crippen LogP contribution in [-0.2, 0) is 5.54 Å². The molecule has 5 heteroatoms. The molecule has 1 aliphatic heterocycles. The highest BCUT2D eigenvalue weighted by molar-refractivity contribution is 6.03. The lowest BCUT2D eigenvalue weighted by molar-refractivity contribution is 0.0279. The summed E-state index contributed by atoms with van der Waals surface area (Å²) in [6, 6.07) is 6.10. The van der Waals surface area contributed by atoms with E-state index in [0.717, 1.165) is 24.7 Å². The number of nitrogens with zero attached hydrogens (tertiary/aromatic N) is 2. The molecule has 5 rings (SSSR count). The maximum absolute atomic E-state index is 11.7. The van der Waals surface area contributed by atoms with Gasteiger partial charge in [-0.15, -0.1) is 0 Å². The van der Waals surface area contributed by atoms with Crippen LogP contribution in [0.2, 0.25) is 0 Å². The third-order valence-corrected chi connectivity index (χ3v) is 6.70. The molecule has 1 amide bonds. The van der Waals surface area contributed by atoms with Crippen LogP contribution >= 0.6 is 0 Å². The molecule has 25 heavy (non-hydrogen) atoms. The van der Waals surface area contributed by atoms with Gasteiger partial charge in [0, 0.05) is 12.6 Å². The summed E-state index contributed by atoms with van der Waals surface area (Å²) in [6.07, 6.45) is 10.1. The number of hydrogen-bond donors (Lipinski definition) is 1. The van der Waals surface area contributed by atoms with Crippen LogP contribution in [0.3, 0.4) is 0 Å². The minimum atomic E-state index is -0.442. The van der Waals surface area contributed by atoms with Gasteiger partial charge < -0.3 is 10.2 Å². The van der Waals surface area contributed by atoms with Gasteiger partial charge in [-0.2, -0.15) is 0 Å². The van der Waals surface area contributed by atoms with Gasteiger partial charge in [-0.3, -0.25) is 9.69 Å². The number of amides is 1. The molecule has 1 aromatic carbocycles. The van der Waals surface area contributed by atoms with E-state index in [2.05, 4.69) is 4.90 Å². The van der Waals surface area contributed by atoms with Gasteiger partial charge in [-0.1, -0.05) is 25.3 Å². The van der Waals surface area contributed by atoms with Crippen LogP contribution in [0.4, 0.5) is 0 Å². The third kappa shape index (κ3) is 2.25. The average Bonchev–Trinajstić information content (AvgIpc) is 3.34. The van der Waals surface area contributed by atoms with Crippen molar-refractivity contribution in [2.75, 3.05) is 6.54 Å². The van der Waals surface area contributed by atoms with Gasteiger partial charge in [-0.05, 0) is 50.2 Å². The molecular formula is C20H25N3O2. The summed E-state index contributed by atoms with van der Waals surface area (Å²) in [7, 11) is 0. The smallest absolute Gasteiger partial charge is 0.251 e. The number of benzene rings is 1. The fourth-order valence-electron chi connectivity index (χ4n) is 5.55. The van der Waals surface area contributed by atoms with Crippen molar-refractivity contribution in [1.82, 2.24) is 9.88 Å². The quantitative estimate of drug-likeness (QED) is 0.928. The highest BCUT2D eigenvalue weighted by Crippen LogP contribution is 2.55. The number of oxazole rings is 1. The number of carbonyl (C=O) groups is 1. The van der Waals surface area contributed by atoms with Crippen molar-refractivity contribution in [2.24, 2.45) is 11.7 Å². The summed E-state index contributed by atoms with van der Waals surface area (Å²) in [4.78, 5) is 19.3. The predicted octanol–water partition coefficient (Wildman–Crippen LogP) is 3.57. The van der Waals surface area contributed by atoms with Crippen molar-refractivity contribution in [3.63, 3.8) is 0 Å². The summed E-state index contributed by atoms with van der Waals surface area (Å²) < 4.78 is 6.22. The zero-order valence-corrected chi connectivity index (χ0v) is 14.5. The van der Waals surface area contributed by atoms with Gasteiger partial charge >= 0.3 is 0 Å². The summed E-state index contributed by atoms with van der Waals surface area (Å²) in [5, 5.41) is 0. The highest BCUT2D eigenvalue weighted by atomic mass is 16.4. The number of hydrogen-bond acceptors (Lipinski definition) is 4. The molecule has 2 aromatic rings. The first-order valence-electron chi connectivity index (χ1n) is 9.64. The van der Waals surface area contributed by atoms with Crippen LogP contribution in [0.1, 0.15) is 67.6 Å². The average molecular weight is 339 g/mol. The molecule has 2 saturated carbocycles. The van der Waals surface area contributed by atoms with E-state index in [1.807, 2.05) is 12.1 Å². The summed E-state index contributed by atoms with van der Waals surface area (Å²) in [6.45, 7) is 1.17. The number of nitrogens with two attached hydrogens (primary N) is 1.